The van der Waals surface area contributed by atoms with E-state index in [9.17, 15) is 19.0 Å². The van der Waals surface area contributed by atoms with Crippen molar-refractivity contribution in [3.63, 3.8) is 0 Å². The number of rotatable bonds is 57. The number of amides is 1. The summed E-state index contributed by atoms with van der Waals surface area (Å²) in [6, 6.07) is -0.918. The van der Waals surface area contributed by atoms with Gasteiger partial charge in [-0.3, -0.25) is 14.2 Å². The lowest BCUT2D eigenvalue weighted by Gasteiger charge is -2.30. The maximum Gasteiger partial charge on any atom is 0.306 e. The number of phosphoric acid groups is 1. The van der Waals surface area contributed by atoms with Crippen LogP contribution < -0.4 is 10.2 Å². The van der Waals surface area contributed by atoms with Crippen molar-refractivity contribution < 1.29 is 37.3 Å². The second-order valence-electron chi connectivity index (χ2n) is 22.5. The van der Waals surface area contributed by atoms with E-state index in [1.165, 1.54) is 77.0 Å². The molecule has 0 rings (SSSR count). The molecule has 0 heterocycles. The minimum Gasteiger partial charge on any atom is -0.756 e. The van der Waals surface area contributed by atoms with Gasteiger partial charge in [0.2, 0.25) is 5.91 Å². The molecule has 10 heteroatoms. The normalized spacial score (nSPS) is 14.5. The highest BCUT2D eigenvalue weighted by molar-refractivity contribution is 7.45. The number of esters is 1. The number of hydrogen-bond acceptors (Lipinski definition) is 7. The molecule has 1 amide bonds. The average molecular weight is 1150 g/mol. The molecule has 81 heavy (non-hydrogen) atoms. The van der Waals surface area contributed by atoms with Gasteiger partial charge < -0.3 is 28.5 Å². The van der Waals surface area contributed by atoms with Crippen LogP contribution in [-0.2, 0) is 27.9 Å². The van der Waals surface area contributed by atoms with Crippen LogP contribution in [-0.4, -0.2) is 69.4 Å². The summed E-state index contributed by atoms with van der Waals surface area (Å²) in [5, 5.41) is 3.01. The second-order valence-corrected chi connectivity index (χ2v) is 23.9. The predicted octanol–water partition coefficient (Wildman–Crippen LogP) is 19.8. The SMILES string of the molecule is CC/C=C\C/C=C\C/C=C\C/C=C\C/C=C\C/C=C\CCCCCCCCCCC(=O)OC(/C=C\CCCCCCCCCCCC)C(COP(=O)([O-])OCC[N+](C)(C)C)NC(=O)CCCCC/C=C/C/C=C/C/C=C/C/C=C/CC. The highest BCUT2D eigenvalue weighted by Gasteiger charge is 2.27. The summed E-state index contributed by atoms with van der Waals surface area (Å²) in [5.41, 5.74) is 0. The van der Waals surface area contributed by atoms with Gasteiger partial charge in [-0.15, -0.1) is 0 Å². The number of carbonyl (C=O) groups is 2. The monoisotopic (exact) mass is 1140 g/mol. The molecule has 0 aliphatic rings. The van der Waals surface area contributed by atoms with Crippen molar-refractivity contribution >= 4 is 19.7 Å². The van der Waals surface area contributed by atoms with Crippen LogP contribution in [0.15, 0.2) is 134 Å². The molecule has 3 unspecified atom stereocenters. The van der Waals surface area contributed by atoms with Crippen LogP contribution in [0.25, 0.3) is 0 Å². The van der Waals surface area contributed by atoms with Gasteiger partial charge in [-0.05, 0) is 122 Å². The summed E-state index contributed by atoms with van der Waals surface area (Å²) < 4.78 is 30.3. The number of allylic oxidation sites excluding steroid dienone is 21. The summed E-state index contributed by atoms with van der Waals surface area (Å²) in [4.78, 5) is 40.0. The number of quaternary nitrogens is 1. The maximum absolute atomic E-state index is 13.5. The quantitative estimate of drug-likeness (QED) is 0.0212. The molecule has 0 aromatic heterocycles. The molecule has 0 aromatic rings. The van der Waals surface area contributed by atoms with E-state index >= 15 is 0 Å². The number of carbonyl (C=O) groups excluding carboxylic acids is 2. The highest BCUT2D eigenvalue weighted by atomic mass is 31.2. The lowest BCUT2D eigenvalue weighted by atomic mass is 10.0. The molecule has 0 saturated heterocycles. The van der Waals surface area contributed by atoms with Crippen molar-refractivity contribution in [3.05, 3.63) is 134 Å². The third-order valence-electron chi connectivity index (χ3n) is 13.6. The molecule has 0 bridgehead atoms. The zero-order chi connectivity index (χ0) is 59.3. The molecule has 0 aromatic carbocycles. The van der Waals surface area contributed by atoms with Gasteiger partial charge in [-0.1, -0.05) is 251 Å². The van der Waals surface area contributed by atoms with Crippen LogP contribution in [0.5, 0.6) is 0 Å². The molecule has 3 atom stereocenters. The van der Waals surface area contributed by atoms with Crippen molar-refractivity contribution in [2.24, 2.45) is 0 Å². The number of unbranched alkanes of at least 4 members (excludes halogenated alkanes) is 21. The fourth-order valence-electron chi connectivity index (χ4n) is 8.63. The number of nitrogens with zero attached hydrogens (tertiary/aromatic N) is 1. The average Bonchev–Trinajstić information content (AvgIpc) is 3.44. The van der Waals surface area contributed by atoms with Gasteiger partial charge in [-0.2, -0.15) is 0 Å². The first-order valence-corrected chi connectivity index (χ1v) is 34.0. The van der Waals surface area contributed by atoms with Gasteiger partial charge in [0.25, 0.3) is 7.82 Å². The number of nitrogens with one attached hydrogen (secondary N) is 1. The second kappa shape index (κ2) is 59.3. The fourth-order valence-corrected chi connectivity index (χ4v) is 9.36. The van der Waals surface area contributed by atoms with Crippen LogP contribution in [0.3, 0.4) is 0 Å². The summed E-state index contributed by atoms with van der Waals surface area (Å²) >= 11 is 0. The Labute approximate surface area is 498 Å². The van der Waals surface area contributed by atoms with Gasteiger partial charge in [0.1, 0.15) is 19.3 Å². The third-order valence-corrected chi connectivity index (χ3v) is 14.5. The smallest absolute Gasteiger partial charge is 0.306 e. The zero-order valence-corrected chi connectivity index (χ0v) is 53.6. The van der Waals surface area contributed by atoms with E-state index in [1.807, 2.05) is 33.3 Å². The summed E-state index contributed by atoms with van der Waals surface area (Å²) in [6.45, 7) is 6.57. The highest BCUT2D eigenvalue weighted by Crippen LogP contribution is 2.38. The minimum atomic E-state index is -4.72. The molecule has 9 nitrogen and oxygen atoms in total. The van der Waals surface area contributed by atoms with Gasteiger partial charge in [0.15, 0.2) is 0 Å². The van der Waals surface area contributed by atoms with Crippen LogP contribution in [0, 0.1) is 0 Å². The Bertz CT molecular complexity index is 1850. The van der Waals surface area contributed by atoms with Crippen molar-refractivity contribution in [3.8, 4) is 0 Å². The maximum atomic E-state index is 13.5. The van der Waals surface area contributed by atoms with E-state index < -0.39 is 26.6 Å². The zero-order valence-electron chi connectivity index (χ0n) is 52.7. The molecule has 0 spiro atoms. The molecule has 0 aliphatic carbocycles. The summed E-state index contributed by atoms with van der Waals surface area (Å²) in [7, 11) is 1.14. The van der Waals surface area contributed by atoms with E-state index in [-0.39, 0.29) is 31.3 Å². The summed E-state index contributed by atoms with van der Waals surface area (Å²) in [6.07, 6.45) is 84.3. The summed E-state index contributed by atoms with van der Waals surface area (Å²) in [5.74, 6) is -0.596. The number of hydrogen-bond donors (Lipinski definition) is 1. The topological polar surface area (TPSA) is 114 Å². The largest absolute Gasteiger partial charge is 0.756 e. The molecule has 0 aliphatic heterocycles. The number of ether oxygens (including phenoxy) is 1. The number of phosphoric ester groups is 1. The van der Waals surface area contributed by atoms with E-state index in [2.05, 4.69) is 148 Å². The fraction of sp³-hybridized carbons (Fsp3) is 0.662. The molecular weight excluding hydrogens is 1020 g/mol. The molecule has 462 valence electrons. The molecular formula is C71H121N2O7P. The van der Waals surface area contributed by atoms with Crippen molar-refractivity contribution in [1.82, 2.24) is 5.32 Å². The lowest BCUT2D eigenvalue weighted by molar-refractivity contribution is -0.870. The lowest BCUT2D eigenvalue weighted by Crippen LogP contribution is -2.47. The third kappa shape index (κ3) is 60.6. The van der Waals surface area contributed by atoms with Gasteiger partial charge in [0, 0.05) is 12.8 Å². The Hall–Kier alpha value is -3.85. The van der Waals surface area contributed by atoms with E-state index in [0.29, 0.717) is 23.9 Å². The molecule has 0 fully saturated rings. The Morgan fingerprint density at radius 3 is 1.20 bits per heavy atom. The van der Waals surface area contributed by atoms with Crippen molar-refractivity contribution in [2.75, 3.05) is 40.9 Å². The molecule has 1 N–H and O–H groups in total. The first-order chi connectivity index (χ1) is 39.4. The van der Waals surface area contributed by atoms with E-state index in [1.54, 1.807) is 0 Å². The molecule has 0 radical (unpaired) electrons. The van der Waals surface area contributed by atoms with E-state index in [4.69, 9.17) is 13.8 Å². The Morgan fingerprint density at radius 1 is 0.444 bits per heavy atom. The van der Waals surface area contributed by atoms with Crippen molar-refractivity contribution in [1.29, 1.82) is 0 Å². The first kappa shape index (κ1) is 77.2. The van der Waals surface area contributed by atoms with Gasteiger partial charge in [0.05, 0.1) is 33.8 Å². The Kier molecular flexibility index (Phi) is 56.5. The molecule has 0 saturated carbocycles. The van der Waals surface area contributed by atoms with E-state index in [0.717, 1.165) is 128 Å². The standard InChI is InChI=1S/C71H121N2O7P/c1-7-10-13-16-19-22-25-28-30-32-33-34-35-36-37-38-39-40-41-42-44-46-49-52-55-58-61-64-71(75)80-69(62-59-56-53-50-47-27-24-21-18-15-12-9-3)68(67-79-81(76,77)78-66-65-73(4,5)6)72-70(74)63-60-57-54-51-48-45-43-31-29-26-23-20-17-14-11-8-2/h10-11,13-14,19-20,22-23,28-31,33-34,36-37,39-40,45,48,59,62,68-69H,7-9,12,15-18,21,24-27,32,35,38,41-44,46-47,49-58,60-61,63-67H2,1-6H3,(H-,72,74,76,77)/b13-10-,14-11+,22-19-,23-20+,30-28-,31-29+,34-33-,37-36-,40-39-,48-45+,62-59-. The van der Waals surface area contributed by atoms with Gasteiger partial charge in [-0.25, -0.2) is 0 Å². The van der Waals surface area contributed by atoms with Crippen LogP contribution in [0.2, 0.25) is 0 Å². The Balaban J connectivity index is 5.19. The number of likely N-dealkylation sites (N-methyl/N-ethyl adjacent to an activating group) is 1. The predicted molar refractivity (Wildman–Crippen MR) is 348 cm³/mol. The van der Waals surface area contributed by atoms with Crippen LogP contribution in [0.4, 0.5) is 0 Å². The minimum absolute atomic E-state index is 0.0372. The van der Waals surface area contributed by atoms with Crippen molar-refractivity contribution in [2.45, 2.75) is 264 Å². The van der Waals surface area contributed by atoms with Crippen LogP contribution in [0.1, 0.15) is 252 Å². The Morgan fingerprint density at radius 2 is 0.790 bits per heavy atom. The van der Waals surface area contributed by atoms with Crippen LogP contribution >= 0.6 is 7.82 Å². The first-order valence-electron chi connectivity index (χ1n) is 32.5. The van der Waals surface area contributed by atoms with Gasteiger partial charge >= 0.3 is 5.97 Å².